The maximum atomic E-state index is 14.0. The number of pyridine rings is 1. The number of carbonyl (C=O) groups is 1. The first-order valence-corrected chi connectivity index (χ1v) is 8.40. The van der Waals surface area contributed by atoms with E-state index in [9.17, 15) is 22.4 Å². The second kappa shape index (κ2) is 6.40. The van der Waals surface area contributed by atoms with Gasteiger partial charge in [-0.1, -0.05) is 0 Å². The Balaban J connectivity index is 1.49. The number of hydrogen-bond donors (Lipinski definition) is 1. The Labute approximate surface area is 151 Å². The van der Waals surface area contributed by atoms with E-state index in [-0.39, 0.29) is 23.9 Å². The summed E-state index contributed by atoms with van der Waals surface area (Å²) in [7, 11) is 0. The average Bonchev–Trinajstić information content (AvgIpc) is 2.92. The van der Waals surface area contributed by atoms with Gasteiger partial charge in [0.2, 0.25) is 5.95 Å². The Morgan fingerprint density at radius 2 is 1.93 bits per heavy atom. The summed E-state index contributed by atoms with van der Waals surface area (Å²) in [6.07, 6.45) is -1.49. The SMILES string of the molecule is O=C(Nc1ccc(OC(F)(F)F)cc1)N1C2CCC1c1ccnc(F)c1C2. The Kier molecular flexibility index (Phi) is 4.16. The van der Waals surface area contributed by atoms with Crippen molar-refractivity contribution in [2.45, 2.75) is 37.7 Å². The lowest BCUT2D eigenvalue weighted by Crippen LogP contribution is -2.44. The van der Waals surface area contributed by atoms with E-state index in [0.29, 0.717) is 17.7 Å². The summed E-state index contributed by atoms with van der Waals surface area (Å²) in [6, 6.07) is 5.93. The molecule has 2 unspecified atom stereocenters. The van der Waals surface area contributed by atoms with Gasteiger partial charge in [-0.05, 0) is 55.2 Å². The molecular formula is C18H15F4N3O2. The fraction of sp³-hybridized carbons (Fsp3) is 0.333. The third-order valence-corrected chi connectivity index (χ3v) is 4.91. The van der Waals surface area contributed by atoms with Crippen LogP contribution >= 0.6 is 0 Å². The van der Waals surface area contributed by atoms with Gasteiger partial charge in [0, 0.05) is 23.5 Å². The molecule has 9 heteroatoms. The first-order valence-electron chi connectivity index (χ1n) is 8.40. The molecule has 0 aliphatic carbocycles. The maximum Gasteiger partial charge on any atom is 0.573 e. The number of urea groups is 1. The maximum absolute atomic E-state index is 14.0. The molecule has 1 fully saturated rings. The van der Waals surface area contributed by atoms with Crippen molar-refractivity contribution in [1.29, 1.82) is 0 Å². The average molecular weight is 381 g/mol. The van der Waals surface area contributed by atoms with Crippen molar-refractivity contribution in [2.24, 2.45) is 0 Å². The smallest absolute Gasteiger partial charge is 0.406 e. The van der Waals surface area contributed by atoms with E-state index in [0.717, 1.165) is 30.5 Å². The molecule has 0 radical (unpaired) electrons. The topological polar surface area (TPSA) is 54.5 Å². The standard InChI is InChI=1S/C18H15F4N3O2/c19-16-14-9-11-3-6-15(13(14)7-8-23-16)25(11)17(26)24-10-1-4-12(5-2-10)27-18(20,21)22/h1-2,4-5,7-8,11,15H,3,6,9H2,(H,24,26). The van der Waals surface area contributed by atoms with E-state index in [4.69, 9.17) is 0 Å². The molecule has 0 spiro atoms. The largest absolute Gasteiger partial charge is 0.573 e. The van der Waals surface area contributed by atoms with Crippen LogP contribution in [0, 0.1) is 5.95 Å². The van der Waals surface area contributed by atoms with E-state index in [1.165, 1.54) is 18.3 Å². The fourth-order valence-corrected chi connectivity index (χ4v) is 3.85. The highest BCUT2D eigenvalue weighted by atomic mass is 19.4. The molecule has 1 aromatic heterocycles. The van der Waals surface area contributed by atoms with Crippen molar-refractivity contribution in [3.63, 3.8) is 0 Å². The number of nitrogens with one attached hydrogen (secondary N) is 1. The highest BCUT2D eigenvalue weighted by Crippen LogP contribution is 2.44. The van der Waals surface area contributed by atoms with Crippen LogP contribution in [0.4, 0.5) is 28.0 Å². The van der Waals surface area contributed by atoms with Crippen LogP contribution in [0.15, 0.2) is 36.5 Å². The Hall–Kier alpha value is -2.84. The molecule has 2 aliphatic heterocycles. The van der Waals surface area contributed by atoms with Gasteiger partial charge in [0.05, 0.1) is 6.04 Å². The van der Waals surface area contributed by atoms with Crippen LogP contribution in [0.5, 0.6) is 5.75 Å². The van der Waals surface area contributed by atoms with E-state index in [1.807, 2.05) is 0 Å². The highest BCUT2D eigenvalue weighted by Gasteiger charge is 2.43. The summed E-state index contributed by atoms with van der Waals surface area (Å²) in [6.45, 7) is 0. The Morgan fingerprint density at radius 3 is 2.63 bits per heavy atom. The third kappa shape index (κ3) is 3.41. The van der Waals surface area contributed by atoms with Gasteiger partial charge in [0.15, 0.2) is 0 Å². The molecule has 1 aromatic carbocycles. The number of benzene rings is 1. The number of hydrogen-bond acceptors (Lipinski definition) is 3. The monoisotopic (exact) mass is 381 g/mol. The molecule has 3 heterocycles. The third-order valence-electron chi connectivity index (χ3n) is 4.91. The van der Waals surface area contributed by atoms with Gasteiger partial charge in [0.1, 0.15) is 5.75 Å². The summed E-state index contributed by atoms with van der Waals surface area (Å²) < 4.78 is 54.4. The minimum atomic E-state index is -4.77. The van der Waals surface area contributed by atoms with Gasteiger partial charge < -0.3 is 15.0 Å². The molecule has 2 bridgehead atoms. The highest BCUT2D eigenvalue weighted by molar-refractivity contribution is 5.90. The number of ether oxygens (including phenoxy) is 1. The van der Waals surface area contributed by atoms with Gasteiger partial charge in [-0.3, -0.25) is 0 Å². The lowest BCUT2D eigenvalue weighted by molar-refractivity contribution is -0.274. The van der Waals surface area contributed by atoms with E-state index in [2.05, 4.69) is 15.0 Å². The number of anilines is 1. The van der Waals surface area contributed by atoms with Gasteiger partial charge in [0.25, 0.3) is 0 Å². The number of nitrogens with zero attached hydrogens (tertiary/aromatic N) is 2. The molecule has 1 saturated heterocycles. The molecule has 2 aliphatic rings. The Morgan fingerprint density at radius 1 is 1.19 bits per heavy atom. The van der Waals surface area contributed by atoms with Crippen LogP contribution in [-0.2, 0) is 6.42 Å². The van der Waals surface area contributed by atoms with E-state index in [1.54, 1.807) is 11.0 Å². The summed E-state index contributed by atoms with van der Waals surface area (Å²) in [5.74, 6) is -0.861. The van der Waals surface area contributed by atoms with Crippen molar-refractivity contribution < 1.29 is 27.1 Å². The summed E-state index contributed by atoms with van der Waals surface area (Å²) in [5, 5.41) is 2.69. The number of carbonyl (C=O) groups excluding carboxylic acids is 1. The zero-order valence-electron chi connectivity index (χ0n) is 14.0. The number of amides is 2. The summed E-state index contributed by atoms with van der Waals surface area (Å²) in [5.41, 5.74) is 1.67. The van der Waals surface area contributed by atoms with Crippen molar-refractivity contribution >= 4 is 11.7 Å². The lowest BCUT2D eigenvalue weighted by Gasteiger charge is -2.36. The van der Waals surface area contributed by atoms with Crippen LogP contribution in [0.25, 0.3) is 0 Å². The van der Waals surface area contributed by atoms with Gasteiger partial charge in [-0.25, -0.2) is 9.78 Å². The van der Waals surface area contributed by atoms with Gasteiger partial charge in [-0.15, -0.1) is 13.2 Å². The van der Waals surface area contributed by atoms with Crippen LogP contribution in [0.2, 0.25) is 0 Å². The molecule has 1 N–H and O–H groups in total. The van der Waals surface area contributed by atoms with Crippen LogP contribution in [0.3, 0.4) is 0 Å². The first kappa shape index (κ1) is 17.6. The van der Waals surface area contributed by atoms with Crippen LogP contribution in [-0.4, -0.2) is 28.3 Å². The van der Waals surface area contributed by atoms with Gasteiger partial charge in [-0.2, -0.15) is 4.39 Å². The molecule has 2 aromatic rings. The first-order chi connectivity index (χ1) is 12.8. The molecule has 0 saturated carbocycles. The normalized spacial score (nSPS) is 21.0. The summed E-state index contributed by atoms with van der Waals surface area (Å²) >= 11 is 0. The minimum absolute atomic E-state index is 0.131. The van der Waals surface area contributed by atoms with Crippen molar-refractivity contribution in [3.05, 3.63) is 53.6 Å². The van der Waals surface area contributed by atoms with Crippen LogP contribution < -0.4 is 10.1 Å². The lowest BCUT2D eigenvalue weighted by atomic mass is 9.95. The number of aromatic nitrogens is 1. The molecule has 4 rings (SSSR count). The second-order valence-corrected chi connectivity index (χ2v) is 6.53. The molecule has 5 nitrogen and oxygen atoms in total. The van der Waals surface area contributed by atoms with Crippen molar-refractivity contribution in [3.8, 4) is 5.75 Å². The zero-order chi connectivity index (χ0) is 19.2. The van der Waals surface area contributed by atoms with Crippen molar-refractivity contribution in [1.82, 2.24) is 9.88 Å². The fourth-order valence-electron chi connectivity index (χ4n) is 3.85. The Bertz CT molecular complexity index is 870. The zero-order valence-corrected chi connectivity index (χ0v) is 14.0. The molecular weight excluding hydrogens is 366 g/mol. The predicted molar refractivity (Wildman–Crippen MR) is 87.6 cm³/mol. The number of fused-ring (bicyclic) bond motifs is 4. The second-order valence-electron chi connectivity index (χ2n) is 6.53. The molecule has 2 amide bonds. The number of alkyl halides is 3. The minimum Gasteiger partial charge on any atom is -0.406 e. The van der Waals surface area contributed by atoms with Crippen molar-refractivity contribution in [2.75, 3.05) is 5.32 Å². The van der Waals surface area contributed by atoms with E-state index >= 15 is 0 Å². The number of rotatable bonds is 2. The summed E-state index contributed by atoms with van der Waals surface area (Å²) in [4.78, 5) is 18.1. The molecule has 27 heavy (non-hydrogen) atoms. The predicted octanol–water partition coefficient (Wildman–Crippen LogP) is 4.41. The van der Waals surface area contributed by atoms with Crippen LogP contribution in [0.1, 0.15) is 30.0 Å². The molecule has 142 valence electrons. The van der Waals surface area contributed by atoms with E-state index < -0.39 is 12.3 Å². The number of halogens is 4. The molecule has 2 atom stereocenters. The quantitative estimate of drug-likeness (QED) is 0.619. The van der Waals surface area contributed by atoms with Gasteiger partial charge >= 0.3 is 12.4 Å².